The Labute approximate surface area is 204 Å². The van der Waals surface area contributed by atoms with Gasteiger partial charge in [-0.15, -0.1) is 0 Å². The van der Waals surface area contributed by atoms with Crippen molar-refractivity contribution in [3.05, 3.63) is 65.4 Å². The molecule has 4 aromatic rings. The number of piperidine rings is 3. The van der Waals surface area contributed by atoms with Gasteiger partial charge in [-0.1, -0.05) is 24.3 Å². The van der Waals surface area contributed by atoms with Crippen molar-refractivity contribution in [3.8, 4) is 17.4 Å². The molecule has 3 aromatic heterocycles. The summed E-state index contributed by atoms with van der Waals surface area (Å²) in [6.45, 7) is 8.47. The molecule has 3 aliphatic heterocycles. The Hall–Kier alpha value is -3.39. The summed E-state index contributed by atoms with van der Waals surface area (Å²) in [7, 11) is 0. The molecule has 0 amide bonds. The second-order valence-electron chi connectivity index (χ2n) is 9.60. The van der Waals surface area contributed by atoms with Crippen molar-refractivity contribution in [2.24, 2.45) is 5.92 Å². The SMILES string of the molecule is CCOc1nc(C)c2nc(-c3cncc(F)c3)n(Cc3ccc([C@H]4CN5CCC4CC5)cc3)c2n1. The summed E-state index contributed by atoms with van der Waals surface area (Å²) < 4.78 is 21.7. The van der Waals surface area contributed by atoms with Crippen molar-refractivity contribution in [2.75, 3.05) is 26.2 Å². The molecular weight excluding hydrogens is 443 g/mol. The van der Waals surface area contributed by atoms with Gasteiger partial charge in [-0.2, -0.15) is 9.97 Å². The van der Waals surface area contributed by atoms with Crippen molar-refractivity contribution in [1.29, 1.82) is 0 Å². The molecule has 3 saturated heterocycles. The highest BCUT2D eigenvalue weighted by Gasteiger charge is 2.34. The van der Waals surface area contributed by atoms with Gasteiger partial charge in [0.15, 0.2) is 5.65 Å². The Morgan fingerprint density at radius 2 is 1.86 bits per heavy atom. The highest BCUT2D eigenvalue weighted by molar-refractivity contribution is 5.79. The monoisotopic (exact) mass is 472 g/mol. The van der Waals surface area contributed by atoms with Gasteiger partial charge in [0.2, 0.25) is 0 Å². The Kier molecular flexibility index (Phi) is 5.68. The maximum absolute atomic E-state index is 14.0. The molecule has 0 spiro atoms. The maximum Gasteiger partial charge on any atom is 0.318 e. The molecule has 0 saturated carbocycles. The summed E-state index contributed by atoms with van der Waals surface area (Å²) in [6, 6.07) is 10.7. The Morgan fingerprint density at radius 3 is 2.54 bits per heavy atom. The average Bonchev–Trinajstić information content (AvgIpc) is 3.24. The number of pyridine rings is 1. The molecule has 1 aromatic carbocycles. The van der Waals surface area contributed by atoms with E-state index in [2.05, 4.69) is 44.1 Å². The van der Waals surface area contributed by atoms with Crippen LogP contribution in [-0.4, -0.2) is 55.6 Å². The third-order valence-electron chi connectivity index (χ3n) is 7.39. The number of aryl methyl sites for hydroxylation is 1. The molecular formula is C27H29FN6O. The average molecular weight is 473 g/mol. The van der Waals surface area contributed by atoms with E-state index < -0.39 is 5.82 Å². The van der Waals surface area contributed by atoms with Crippen LogP contribution in [0.1, 0.15) is 42.5 Å². The van der Waals surface area contributed by atoms with Crippen LogP contribution in [0.4, 0.5) is 4.39 Å². The van der Waals surface area contributed by atoms with E-state index in [-0.39, 0.29) is 0 Å². The molecule has 3 aliphatic rings. The topological polar surface area (TPSA) is 69.0 Å². The first kappa shape index (κ1) is 22.1. The Bertz CT molecular complexity index is 1360. The van der Waals surface area contributed by atoms with Gasteiger partial charge < -0.3 is 14.2 Å². The fourth-order valence-corrected chi connectivity index (χ4v) is 5.61. The lowest BCUT2D eigenvalue weighted by Crippen LogP contribution is -2.46. The highest BCUT2D eigenvalue weighted by Crippen LogP contribution is 2.39. The first-order chi connectivity index (χ1) is 17.1. The number of aromatic nitrogens is 5. The number of imidazole rings is 1. The van der Waals surface area contributed by atoms with Gasteiger partial charge in [0.25, 0.3) is 0 Å². The summed E-state index contributed by atoms with van der Waals surface area (Å²) in [6.07, 6.45) is 5.44. The smallest absolute Gasteiger partial charge is 0.318 e. The Morgan fingerprint density at radius 1 is 1.06 bits per heavy atom. The van der Waals surface area contributed by atoms with E-state index in [1.807, 2.05) is 18.4 Å². The van der Waals surface area contributed by atoms with Crippen LogP contribution in [-0.2, 0) is 6.54 Å². The normalized spacial score (nSPS) is 21.5. The number of halogens is 1. The van der Waals surface area contributed by atoms with Gasteiger partial charge in [-0.05, 0) is 68.8 Å². The molecule has 6 heterocycles. The predicted octanol–water partition coefficient (Wildman–Crippen LogP) is 4.59. The summed E-state index contributed by atoms with van der Waals surface area (Å²) >= 11 is 0. The largest absolute Gasteiger partial charge is 0.464 e. The molecule has 7 nitrogen and oxygen atoms in total. The standard InChI is InChI=1S/C27H29FN6O/c1-3-35-27-30-17(2)24-26(32-27)34(25(31-24)21-12-22(28)14-29-13-21)15-18-4-6-19(7-5-18)23-16-33-10-8-20(23)9-11-33/h4-7,12-14,20,23H,3,8-11,15-16H2,1-2H3/t23-/m1/s1. The summed E-state index contributed by atoms with van der Waals surface area (Å²) in [5.41, 5.74) is 5.22. The molecule has 1 atom stereocenters. The van der Waals surface area contributed by atoms with Gasteiger partial charge in [0.1, 0.15) is 17.2 Å². The van der Waals surface area contributed by atoms with Gasteiger partial charge in [0.05, 0.1) is 25.0 Å². The number of hydrogen-bond donors (Lipinski definition) is 0. The van der Waals surface area contributed by atoms with Crippen molar-refractivity contribution in [2.45, 2.75) is 39.2 Å². The van der Waals surface area contributed by atoms with E-state index in [0.29, 0.717) is 47.6 Å². The number of fused-ring (bicyclic) bond motifs is 4. The van der Waals surface area contributed by atoms with E-state index in [1.165, 1.54) is 50.3 Å². The number of hydrogen-bond acceptors (Lipinski definition) is 6. The number of nitrogens with zero attached hydrogens (tertiary/aromatic N) is 6. The molecule has 2 bridgehead atoms. The van der Waals surface area contributed by atoms with Crippen LogP contribution in [0.3, 0.4) is 0 Å². The first-order valence-electron chi connectivity index (χ1n) is 12.4. The zero-order valence-corrected chi connectivity index (χ0v) is 20.1. The van der Waals surface area contributed by atoms with Gasteiger partial charge in [-0.25, -0.2) is 9.37 Å². The number of rotatable bonds is 6. The van der Waals surface area contributed by atoms with Crippen molar-refractivity contribution in [1.82, 2.24) is 29.4 Å². The molecule has 0 radical (unpaired) electrons. The summed E-state index contributed by atoms with van der Waals surface area (Å²) in [4.78, 5) is 20.5. The first-order valence-corrected chi connectivity index (χ1v) is 12.4. The molecule has 7 rings (SSSR count). The molecule has 0 unspecified atom stereocenters. The molecule has 0 aliphatic carbocycles. The van der Waals surface area contributed by atoms with Crippen LogP contribution in [0.25, 0.3) is 22.6 Å². The minimum atomic E-state index is -0.402. The fraction of sp³-hybridized carbons (Fsp3) is 0.407. The lowest BCUT2D eigenvalue weighted by molar-refractivity contribution is 0.0871. The van der Waals surface area contributed by atoms with E-state index in [1.54, 1.807) is 6.20 Å². The minimum absolute atomic E-state index is 0.320. The lowest BCUT2D eigenvalue weighted by atomic mass is 9.75. The van der Waals surface area contributed by atoms with E-state index >= 15 is 0 Å². The van der Waals surface area contributed by atoms with Crippen LogP contribution >= 0.6 is 0 Å². The molecule has 8 heteroatoms. The lowest BCUT2D eigenvalue weighted by Gasteiger charge is -2.45. The molecule has 3 fully saturated rings. The maximum atomic E-state index is 14.0. The molecule has 0 N–H and O–H groups in total. The predicted molar refractivity (Wildman–Crippen MR) is 132 cm³/mol. The van der Waals surface area contributed by atoms with Crippen LogP contribution in [0, 0.1) is 18.7 Å². The van der Waals surface area contributed by atoms with E-state index in [9.17, 15) is 4.39 Å². The van der Waals surface area contributed by atoms with Crippen LogP contribution < -0.4 is 4.74 Å². The number of benzene rings is 1. The van der Waals surface area contributed by atoms with Crippen molar-refractivity contribution < 1.29 is 9.13 Å². The molecule has 180 valence electrons. The quantitative estimate of drug-likeness (QED) is 0.409. The minimum Gasteiger partial charge on any atom is -0.464 e. The second kappa shape index (κ2) is 9.00. The van der Waals surface area contributed by atoms with Crippen LogP contribution in [0.2, 0.25) is 0 Å². The van der Waals surface area contributed by atoms with Gasteiger partial charge >= 0.3 is 6.01 Å². The Balaban J connectivity index is 1.39. The third kappa shape index (κ3) is 4.16. The second-order valence-corrected chi connectivity index (χ2v) is 9.60. The fourth-order valence-electron chi connectivity index (χ4n) is 5.61. The third-order valence-corrected chi connectivity index (χ3v) is 7.39. The zero-order chi connectivity index (χ0) is 23.9. The van der Waals surface area contributed by atoms with E-state index in [0.717, 1.165) is 17.2 Å². The highest BCUT2D eigenvalue weighted by atomic mass is 19.1. The molecule has 35 heavy (non-hydrogen) atoms. The number of ether oxygens (including phenoxy) is 1. The van der Waals surface area contributed by atoms with Crippen LogP contribution in [0.15, 0.2) is 42.7 Å². The summed E-state index contributed by atoms with van der Waals surface area (Å²) in [5.74, 6) is 1.63. The van der Waals surface area contributed by atoms with Gasteiger partial charge in [-0.3, -0.25) is 4.98 Å². The van der Waals surface area contributed by atoms with Crippen molar-refractivity contribution in [3.63, 3.8) is 0 Å². The van der Waals surface area contributed by atoms with E-state index in [4.69, 9.17) is 9.72 Å². The van der Waals surface area contributed by atoms with Crippen molar-refractivity contribution >= 4 is 11.2 Å². The van der Waals surface area contributed by atoms with Gasteiger partial charge in [0, 0.05) is 18.3 Å². The van der Waals surface area contributed by atoms with Crippen LogP contribution in [0.5, 0.6) is 6.01 Å². The zero-order valence-electron chi connectivity index (χ0n) is 20.1. The summed E-state index contributed by atoms with van der Waals surface area (Å²) in [5, 5.41) is 0.